The summed E-state index contributed by atoms with van der Waals surface area (Å²) in [5.41, 5.74) is 6.95. The van der Waals surface area contributed by atoms with E-state index in [2.05, 4.69) is 17.1 Å². The lowest BCUT2D eigenvalue weighted by molar-refractivity contribution is 0.354. The summed E-state index contributed by atoms with van der Waals surface area (Å²) in [6.07, 6.45) is 3.88. The van der Waals surface area contributed by atoms with Crippen molar-refractivity contribution in [1.82, 2.24) is 10.1 Å². The number of nitrogens with zero attached hydrogens (tertiary/aromatic N) is 2. The molecule has 0 aliphatic rings. The van der Waals surface area contributed by atoms with Gasteiger partial charge in [-0.25, -0.2) is 4.39 Å². The van der Waals surface area contributed by atoms with Crippen molar-refractivity contribution in [3.63, 3.8) is 0 Å². The molecule has 5 heteroatoms. The van der Waals surface area contributed by atoms with Crippen LogP contribution in [0.5, 0.6) is 0 Å². The fourth-order valence-corrected chi connectivity index (χ4v) is 2.37. The summed E-state index contributed by atoms with van der Waals surface area (Å²) in [6.45, 7) is 4.60. The average molecular weight is 291 g/mol. The molecule has 2 N–H and O–H groups in total. The zero-order valence-electron chi connectivity index (χ0n) is 12.6. The molecule has 0 fully saturated rings. The molecule has 114 valence electrons. The first-order chi connectivity index (χ1) is 10.1. The van der Waals surface area contributed by atoms with Gasteiger partial charge in [0.2, 0.25) is 11.7 Å². The Morgan fingerprint density at radius 2 is 2.14 bits per heavy atom. The molecule has 1 unspecified atom stereocenters. The first-order valence-electron chi connectivity index (χ1n) is 7.43. The Kier molecular flexibility index (Phi) is 5.44. The van der Waals surface area contributed by atoms with E-state index in [4.69, 9.17) is 10.3 Å². The Morgan fingerprint density at radius 3 is 2.81 bits per heavy atom. The quantitative estimate of drug-likeness (QED) is 0.848. The topological polar surface area (TPSA) is 64.9 Å². The van der Waals surface area contributed by atoms with Crippen LogP contribution >= 0.6 is 0 Å². The Bertz CT molecular complexity index is 583. The van der Waals surface area contributed by atoms with Crippen LogP contribution < -0.4 is 5.73 Å². The normalized spacial score (nSPS) is 12.6. The summed E-state index contributed by atoms with van der Waals surface area (Å²) in [7, 11) is 0. The number of aromatic nitrogens is 2. The molecule has 1 aromatic carbocycles. The molecule has 0 radical (unpaired) electrons. The second-order valence-electron chi connectivity index (χ2n) is 5.37. The van der Waals surface area contributed by atoms with E-state index in [-0.39, 0.29) is 5.82 Å². The van der Waals surface area contributed by atoms with Crippen molar-refractivity contribution in [2.24, 2.45) is 11.7 Å². The lowest BCUT2D eigenvalue weighted by Crippen LogP contribution is -2.09. The molecule has 1 heterocycles. The zero-order chi connectivity index (χ0) is 15.2. The van der Waals surface area contributed by atoms with E-state index in [1.807, 2.05) is 0 Å². The number of hydrogen-bond acceptors (Lipinski definition) is 4. The maximum Gasteiger partial charge on any atom is 0.226 e. The van der Waals surface area contributed by atoms with Crippen LogP contribution in [-0.4, -0.2) is 16.7 Å². The summed E-state index contributed by atoms with van der Waals surface area (Å²) >= 11 is 0. The molecule has 0 amide bonds. The van der Waals surface area contributed by atoms with Crippen molar-refractivity contribution in [3.05, 3.63) is 35.5 Å². The van der Waals surface area contributed by atoms with E-state index in [9.17, 15) is 4.39 Å². The molecule has 0 bridgehead atoms. The number of rotatable bonds is 7. The molecule has 2 rings (SSSR count). The van der Waals surface area contributed by atoms with Crippen LogP contribution in [0.2, 0.25) is 0 Å². The van der Waals surface area contributed by atoms with Crippen LogP contribution in [0.1, 0.15) is 37.6 Å². The van der Waals surface area contributed by atoms with E-state index in [0.717, 1.165) is 31.2 Å². The standard InChI is InChI=1S/C16H22FN3O/c1-3-12(8-9-18)4-7-15-19-16(20-21-15)13-5-6-14(17)11(2)10-13/h5-6,10,12H,3-4,7-9,18H2,1-2H3. The van der Waals surface area contributed by atoms with Crippen LogP contribution in [0.25, 0.3) is 11.4 Å². The Hall–Kier alpha value is -1.75. The second kappa shape index (κ2) is 7.31. The van der Waals surface area contributed by atoms with Crippen molar-refractivity contribution < 1.29 is 8.91 Å². The summed E-state index contributed by atoms with van der Waals surface area (Å²) in [5, 5.41) is 3.97. The molecular weight excluding hydrogens is 269 g/mol. The summed E-state index contributed by atoms with van der Waals surface area (Å²) < 4.78 is 18.5. The highest BCUT2D eigenvalue weighted by Gasteiger charge is 2.12. The Morgan fingerprint density at radius 1 is 1.33 bits per heavy atom. The SMILES string of the molecule is CCC(CCN)CCc1nc(-c2ccc(F)c(C)c2)no1. The molecule has 21 heavy (non-hydrogen) atoms. The highest BCUT2D eigenvalue weighted by atomic mass is 19.1. The van der Waals surface area contributed by atoms with Gasteiger partial charge in [0.05, 0.1) is 0 Å². The third-order valence-corrected chi connectivity index (χ3v) is 3.80. The average Bonchev–Trinajstić information content (AvgIpc) is 2.95. The first kappa shape index (κ1) is 15.6. The van der Waals surface area contributed by atoms with Crippen LogP contribution in [-0.2, 0) is 6.42 Å². The predicted molar refractivity (Wildman–Crippen MR) is 80.2 cm³/mol. The van der Waals surface area contributed by atoms with Crippen LogP contribution in [0.4, 0.5) is 4.39 Å². The molecule has 4 nitrogen and oxygen atoms in total. The predicted octanol–water partition coefficient (Wildman–Crippen LogP) is 3.49. The minimum absolute atomic E-state index is 0.227. The smallest absolute Gasteiger partial charge is 0.226 e. The zero-order valence-corrected chi connectivity index (χ0v) is 12.6. The fraction of sp³-hybridized carbons (Fsp3) is 0.500. The third-order valence-electron chi connectivity index (χ3n) is 3.80. The van der Waals surface area contributed by atoms with Crippen molar-refractivity contribution >= 4 is 0 Å². The summed E-state index contributed by atoms with van der Waals surface area (Å²) in [5.74, 6) is 1.51. The van der Waals surface area contributed by atoms with E-state index < -0.39 is 0 Å². The maximum absolute atomic E-state index is 13.3. The van der Waals surface area contributed by atoms with Gasteiger partial charge in [-0.15, -0.1) is 0 Å². The Labute approximate surface area is 124 Å². The molecule has 0 saturated carbocycles. The Balaban J connectivity index is 2.02. The van der Waals surface area contributed by atoms with Gasteiger partial charge in [0, 0.05) is 12.0 Å². The van der Waals surface area contributed by atoms with Gasteiger partial charge < -0.3 is 10.3 Å². The number of benzene rings is 1. The highest BCUT2D eigenvalue weighted by molar-refractivity contribution is 5.55. The monoisotopic (exact) mass is 291 g/mol. The summed E-state index contributed by atoms with van der Waals surface area (Å²) in [4.78, 5) is 4.39. The van der Waals surface area contributed by atoms with E-state index in [1.165, 1.54) is 6.07 Å². The lowest BCUT2D eigenvalue weighted by atomic mass is 9.97. The van der Waals surface area contributed by atoms with Crippen molar-refractivity contribution in [2.75, 3.05) is 6.54 Å². The van der Waals surface area contributed by atoms with Gasteiger partial charge in [0.15, 0.2) is 0 Å². The highest BCUT2D eigenvalue weighted by Crippen LogP contribution is 2.21. The van der Waals surface area contributed by atoms with Crippen LogP contribution in [0.15, 0.2) is 22.7 Å². The van der Waals surface area contributed by atoms with Gasteiger partial charge in [-0.05, 0) is 56.0 Å². The third kappa shape index (κ3) is 4.11. The van der Waals surface area contributed by atoms with E-state index in [0.29, 0.717) is 29.7 Å². The number of hydrogen-bond donors (Lipinski definition) is 1. The number of halogens is 1. The van der Waals surface area contributed by atoms with Gasteiger partial charge in [0.1, 0.15) is 5.82 Å². The van der Waals surface area contributed by atoms with Gasteiger partial charge in [-0.1, -0.05) is 18.5 Å². The largest absolute Gasteiger partial charge is 0.339 e. The summed E-state index contributed by atoms with van der Waals surface area (Å²) in [6, 6.07) is 4.82. The number of aryl methyl sites for hydroxylation is 2. The molecule has 0 aliphatic carbocycles. The lowest BCUT2D eigenvalue weighted by Gasteiger charge is -2.11. The molecule has 1 aromatic heterocycles. The van der Waals surface area contributed by atoms with Gasteiger partial charge in [-0.2, -0.15) is 4.98 Å². The van der Waals surface area contributed by atoms with E-state index >= 15 is 0 Å². The van der Waals surface area contributed by atoms with E-state index in [1.54, 1.807) is 19.1 Å². The van der Waals surface area contributed by atoms with Gasteiger partial charge in [0.25, 0.3) is 0 Å². The van der Waals surface area contributed by atoms with Crippen molar-refractivity contribution in [3.8, 4) is 11.4 Å². The molecule has 0 saturated heterocycles. The molecular formula is C16H22FN3O. The number of nitrogens with two attached hydrogens (primary N) is 1. The minimum Gasteiger partial charge on any atom is -0.339 e. The second-order valence-corrected chi connectivity index (χ2v) is 5.37. The first-order valence-corrected chi connectivity index (χ1v) is 7.43. The minimum atomic E-state index is -0.227. The van der Waals surface area contributed by atoms with Crippen molar-refractivity contribution in [2.45, 2.75) is 39.5 Å². The molecule has 2 aromatic rings. The van der Waals surface area contributed by atoms with Gasteiger partial charge >= 0.3 is 0 Å². The van der Waals surface area contributed by atoms with Gasteiger partial charge in [-0.3, -0.25) is 0 Å². The maximum atomic E-state index is 13.3. The van der Waals surface area contributed by atoms with Crippen LogP contribution in [0, 0.1) is 18.7 Å². The van der Waals surface area contributed by atoms with Crippen molar-refractivity contribution in [1.29, 1.82) is 0 Å². The molecule has 1 atom stereocenters. The van der Waals surface area contributed by atoms with Crippen LogP contribution in [0.3, 0.4) is 0 Å². The molecule has 0 aliphatic heterocycles. The fourth-order valence-electron chi connectivity index (χ4n) is 2.37. The molecule has 0 spiro atoms.